The second kappa shape index (κ2) is 5.76. The van der Waals surface area contributed by atoms with E-state index in [4.69, 9.17) is 0 Å². The fraction of sp³-hybridized carbons (Fsp3) is 0.471. The highest BCUT2D eigenvalue weighted by Crippen LogP contribution is 2.39. The summed E-state index contributed by atoms with van der Waals surface area (Å²) in [6.45, 7) is 8.15. The van der Waals surface area contributed by atoms with Crippen LogP contribution in [0.4, 0.5) is 0 Å². The molecule has 0 amide bonds. The lowest BCUT2D eigenvalue weighted by Crippen LogP contribution is -2.42. The van der Waals surface area contributed by atoms with Crippen LogP contribution >= 0.6 is 0 Å². The molecule has 0 radical (unpaired) electrons. The first-order valence-corrected chi connectivity index (χ1v) is 9.39. The number of nitrogens with zero attached hydrogens (tertiary/aromatic N) is 2. The van der Waals surface area contributed by atoms with Crippen LogP contribution in [0.15, 0.2) is 29.2 Å². The molecular formula is C17H23N3O2S. The molecule has 0 fully saturated rings. The maximum absolute atomic E-state index is 13.3. The van der Waals surface area contributed by atoms with Gasteiger partial charge in [0.2, 0.25) is 10.0 Å². The summed E-state index contributed by atoms with van der Waals surface area (Å²) < 4.78 is 28.2. The summed E-state index contributed by atoms with van der Waals surface area (Å²) in [5.41, 5.74) is 3.50. The Bertz CT molecular complexity index is 805. The molecule has 1 aromatic heterocycles. The molecule has 6 heteroatoms. The molecule has 2 heterocycles. The summed E-state index contributed by atoms with van der Waals surface area (Å²) in [7, 11) is -3.58. The quantitative estimate of drug-likeness (QED) is 0.939. The van der Waals surface area contributed by atoms with Gasteiger partial charge >= 0.3 is 0 Å². The summed E-state index contributed by atoms with van der Waals surface area (Å²) >= 11 is 0. The molecule has 1 aliphatic heterocycles. The van der Waals surface area contributed by atoms with E-state index < -0.39 is 10.0 Å². The molecule has 0 spiro atoms. The Morgan fingerprint density at radius 1 is 1.26 bits per heavy atom. The van der Waals surface area contributed by atoms with Gasteiger partial charge in [-0.15, -0.1) is 0 Å². The van der Waals surface area contributed by atoms with Crippen molar-refractivity contribution in [1.29, 1.82) is 0 Å². The minimum Gasteiger partial charge on any atom is -0.281 e. The van der Waals surface area contributed by atoms with E-state index in [1.807, 2.05) is 12.1 Å². The normalized spacial score (nSPS) is 19.1. The average Bonchev–Trinajstić information content (AvgIpc) is 2.85. The van der Waals surface area contributed by atoms with Crippen molar-refractivity contribution in [3.05, 3.63) is 46.8 Å². The van der Waals surface area contributed by atoms with E-state index in [1.54, 1.807) is 18.2 Å². The molecule has 1 unspecified atom stereocenters. The third-order valence-corrected chi connectivity index (χ3v) is 6.69. The van der Waals surface area contributed by atoms with E-state index in [0.717, 1.165) is 12.0 Å². The number of aryl methyl sites for hydroxylation is 2. The summed E-state index contributed by atoms with van der Waals surface area (Å²) in [6, 6.07) is 8.02. The predicted molar refractivity (Wildman–Crippen MR) is 89.7 cm³/mol. The van der Waals surface area contributed by atoms with Gasteiger partial charge in [-0.25, -0.2) is 8.42 Å². The van der Waals surface area contributed by atoms with Crippen molar-refractivity contribution in [3.8, 4) is 0 Å². The van der Waals surface area contributed by atoms with E-state index in [9.17, 15) is 8.42 Å². The molecule has 1 aliphatic rings. The van der Waals surface area contributed by atoms with Crippen LogP contribution < -0.4 is 0 Å². The molecule has 1 atom stereocenters. The third-order valence-electron chi connectivity index (χ3n) is 4.54. The molecule has 23 heavy (non-hydrogen) atoms. The lowest BCUT2D eigenvalue weighted by atomic mass is 9.88. The van der Waals surface area contributed by atoms with Crippen LogP contribution in [-0.2, 0) is 16.4 Å². The van der Waals surface area contributed by atoms with Crippen molar-refractivity contribution < 1.29 is 8.42 Å². The largest absolute Gasteiger partial charge is 0.281 e. The minimum absolute atomic E-state index is 0.140. The Kier molecular flexibility index (Phi) is 4.06. The Morgan fingerprint density at radius 2 is 1.96 bits per heavy atom. The smallest absolute Gasteiger partial charge is 0.247 e. The van der Waals surface area contributed by atoms with E-state index in [2.05, 4.69) is 36.2 Å². The SMILES string of the molecule is Cc1n[nH]c(C)c1S(=O)(=O)N1CCc2ccccc2C1C(C)C. The number of hydrogen-bond donors (Lipinski definition) is 1. The molecule has 3 rings (SSSR count). The minimum atomic E-state index is -3.58. The van der Waals surface area contributed by atoms with Crippen molar-refractivity contribution in [2.75, 3.05) is 6.54 Å². The number of fused-ring (bicyclic) bond motifs is 1. The van der Waals surface area contributed by atoms with Crippen LogP contribution in [0, 0.1) is 19.8 Å². The molecule has 124 valence electrons. The van der Waals surface area contributed by atoms with Crippen LogP contribution in [0.25, 0.3) is 0 Å². The van der Waals surface area contributed by atoms with Crippen LogP contribution in [0.3, 0.4) is 0 Å². The van der Waals surface area contributed by atoms with E-state index in [0.29, 0.717) is 22.8 Å². The Balaban J connectivity index is 2.13. The monoisotopic (exact) mass is 333 g/mol. The zero-order valence-electron chi connectivity index (χ0n) is 14.0. The zero-order chi connectivity index (χ0) is 16.8. The van der Waals surface area contributed by atoms with Crippen molar-refractivity contribution in [3.63, 3.8) is 0 Å². The number of aromatic nitrogens is 2. The molecule has 1 aromatic carbocycles. The Labute approximate surface area is 137 Å². The maximum atomic E-state index is 13.3. The van der Waals surface area contributed by atoms with Crippen LogP contribution in [0.2, 0.25) is 0 Å². The van der Waals surface area contributed by atoms with Crippen LogP contribution in [0.1, 0.15) is 42.4 Å². The highest BCUT2D eigenvalue weighted by Gasteiger charge is 2.39. The van der Waals surface area contributed by atoms with E-state index in [1.165, 1.54) is 5.56 Å². The lowest BCUT2D eigenvalue weighted by Gasteiger charge is -2.38. The topological polar surface area (TPSA) is 66.1 Å². The highest BCUT2D eigenvalue weighted by molar-refractivity contribution is 7.89. The number of hydrogen-bond acceptors (Lipinski definition) is 3. The molecule has 2 aromatic rings. The van der Waals surface area contributed by atoms with Gasteiger partial charge in [-0.1, -0.05) is 38.1 Å². The fourth-order valence-electron chi connectivity index (χ4n) is 3.57. The summed E-state index contributed by atoms with van der Waals surface area (Å²) in [4.78, 5) is 0.322. The van der Waals surface area contributed by atoms with Gasteiger partial charge in [-0.3, -0.25) is 5.10 Å². The van der Waals surface area contributed by atoms with Crippen LogP contribution in [0.5, 0.6) is 0 Å². The number of aromatic amines is 1. The van der Waals surface area contributed by atoms with Crippen molar-refractivity contribution in [2.45, 2.75) is 45.1 Å². The van der Waals surface area contributed by atoms with Gasteiger partial charge in [-0.2, -0.15) is 9.40 Å². The highest BCUT2D eigenvalue weighted by atomic mass is 32.2. The van der Waals surface area contributed by atoms with Gasteiger partial charge in [0.15, 0.2) is 0 Å². The Morgan fingerprint density at radius 3 is 2.57 bits per heavy atom. The van der Waals surface area contributed by atoms with Crippen molar-refractivity contribution in [2.24, 2.45) is 5.92 Å². The lowest BCUT2D eigenvalue weighted by molar-refractivity contribution is 0.248. The summed E-state index contributed by atoms with van der Waals surface area (Å²) in [6.07, 6.45) is 0.745. The van der Waals surface area contributed by atoms with Gasteiger partial charge in [0.25, 0.3) is 0 Å². The van der Waals surface area contributed by atoms with E-state index >= 15 is 0 Å². The number of benzene rings is 1. The van der Waals surface area contributed by atoms with Gasteiger partial charge < -0.3 is 0 Å². The number of rotatable bonds is 3. The first-order chi connectivity index (χ1) is 10.8. The van der Waals surface area contributed by atoms with E-state index in [-0.39, 0.29) is 12.0 Å². The summed E-state index contributed by atoms with van der Waals surface area (Å²) in [5.74, 6) is 0.193. The molecule has 1 N–H and O–H groups in total. The first-order valence-electron chi connectivity index (χ1n) is 7.95. The molecule has 0 saturated carbocycles. The average molecular weight is 333 g/mol. The molecule has 0 saturated heterocycles. The Hall–Kier alpha value is -1.66. The van der Waals surface area contributed by atoms with Gasteiger partial charge in [0, 0.05) is 6.54 Å². The second-order valence-corrected chi connectivity index (χ2v) is 8.34. The number of H-pyrrole nitrogens is 1. The second-order valence-electron chi connectivity index (χ2n) is 6.52. The molecule has 0 aliphatic carbocycles. The van der Waals surface area contributed by atoms with Crippen LogP contribution in [-0.4, -0.2) is 29.5 Å². The third kappa shape index (κ3) is 2.60. The van der Waals surface area contributed by atoms with Crippen molar-refractivity contribution in [1.82, 2.24) is 14.5 Å². The fourth-order valence-corrected chi connectivity index (χ4v) is 5.65. The van der Waals surface area contributed by atoms with Gasteiger partial charge in [0.1, 0.15) is 4.90 Å². The zero-order valence-corrected chi connectivity index (χ0v) is 14.8. The molecule has 0 bridgehead atoms. The molecule has 5 nitrogen and oxygen atoms in total. The van der Waals surface area contributed by atoms with Crippen molar-refractivity contribution >= 4 is 10.0 Å². The maximum Gasteiger partial charge on any atom is 0.247 e. The standard InChI is InChI=1S/C17H23N3O2S/c1-11(2)16-15-8-6-5-7-14(15)9-10-20(16)23(21,22)17-12(3)18-19-13(17)4/h5-8,11,16H,9-10H2,1-4H3,(H,18,19). The molecular weight excluding hydrogens is 310 g/mol. The first kappa shape index (κ1) is 16.2. The summed E-state index contributed by atoms with van der Waals surface area (Å²) in [5, 5.41) is 6.85. The number of sulfonamides is 1. The van der Waals surface area contributed by atoms with Gasteiger partial charge in [-0.05, 0) is 37.3 Å². The predicted octanol–water partition coefficient (Wildman–Crippen LogP) is 2.97. The number of nitrogens with one attached hydrogen (secondary N) is 1. The van der Waals surface area contributed by atoms with Gasteiger partial charge in [0.05, 0.1) is 17.4 Å².